The molecule has 2 aromatic rings. The molecule has 2 fully saturated rings. The fraction of sp³-hybridized carbons (Fsp3) is 0.348. The van der Waals surface area contributed by atoms with Gasteiger partial charge in [-0.05, 0) is 30.3 Å². The second-order valence-electron chi connectivity index (χ2n) is 7.97. The van der Waals surface area contributed by atoms with E-state index in [0.29, 0.717) is 55.0 Å². The first-order valence-electron chi connectivity index (χ1n) is 10.8. The molecule has 0 aromatic heterocycles. The summed E-state index contributed by atoms with van der Waals surface area (Å²) in [6.45, 7) is 3.20. The maximum Gasteiger partial charge on any atom is 0.322 e. The molecule has 0 aliphatic carbocycles. The Morgan fingerprint density at radius 1 is 0.970 bits per heavy atom. The van der Waals surface area contributed by atoms with Gasteiger partial charge in [-0.25, -0.2) is 4.79 Å². The molecule has 0 spiro atoms. The van der Waals surface area contributed by atoms with Gasteiger partial charge in [-0.1, -0.05) is 41.4 Å². The quantitative estimate of drug-likeness (QED) is 0.690. The van der Waals surface area contributed by atoms with Crippen LogP contribution in [0.4, 0.5) is 16.2 Å². The van der Waals surface area contributed by atoms with Crippen LogP contribution in [0.2, 0.25) is 10.0 Å². The molecule has 0 saturated carbocycles. The molecule has 174 valence electrons. The van der Waals surface area contributed by atoms with Crippen molar-refractivity contribution < 1.29 is 14.4 Å². The molecule has 2 saturated heterocycles. The lowest BCUT2D eigenvalue weighted by Crippen LogP contribution is -2.60. The molecule has 2 aliphatic rings. The van der Waals surface area contributed by atoms with Crippen molar-refractivity contribution in [2.45, 2.75) is 12.5 Å². The van der Waals surface area contributed by atoms with Gasteiger partial charge >= 0.3 is 6.03 Å². The molecule has 0 radical (unpaired) electrons. The molecule has 0 unspecified atom stereocenters. The number of hydrogen-bond donors (Lipinski definition) is 2. The lowest BCUT2D eigenvalue weighted by atomic mass is 10.1. The van der Waals surface area contributed by atoms with Crippen molar-refractivity contribution in [3.05, 3.63) is 58.6 Å². The zero-order valence-corrected chi connectivity index (χ0v) is 19.5. The topological polar surface area (TPSA) is 85.0 Å². The van der Waals surface area contributed by atoms with Crippen LogP contribution >= 0.6 is 23.2 Å². The maximum absolute atomic E-state index is 13.0. The number of piperazine rings is 2. The molecule has 2 N–H and O–H groups in total. The van der Waals surface area contributed by atoms with Gasteiger partial charge in [0.05, 0.1) is 16.5 Å². The number of carbonyl (C=O) groups excluding carboxylic acids is 3. The predicted molar refractivity (Wildman–Crippen MR) is 129 cm³/mol. The fourth-order valence-corrected chi connectivity index (χ4v) is 4.38. The number of rotatable bonds is 4. The predicted octanol–water partition coefficient (Wildman–Crippen LogP) is 3.06. The third-order valence-corrected chi connectivity index (χ3v) is 6.62. The van der Waals surface area contributed by atoms with Crippen molar-refractivity contribution in [1.82, 2.24) is 15.1 Å². The molecule has 4 amide bonds. The highest BCUT2D eigenvalue weighted by Crippen LogP contribution is 2.25. The molecular formula is C23H25Cl2N5O3. The van der Waals surface area contributed by atoms with Gasteiger partial charge < -0.3 is 25.3 Å². The van der Waals surface area contributed by atoms with Crippen LogP contribution in [0.3, 0.4) is 0 Å². The van der Waals surface area contributed by atoms with Gasteiger partial charge in [0, 0.05) is 50.6 Å². The Morgan fingerprint density at radius 2 is 1.70 bits per heavy atom. The second kappa shape index (κ2) is 10.3. The lowest BCUT2D eigenvalue weighted by Gasteiger charge is -2.38. The highest BCUT2D eigenvalue weighted by atomic mass is 35.5. The van der Waals surface area contributed by atoms with Gasteiger partial charge in [-0.15, -0.1) is 0 Å². The molecule has 8 nitrogen and oxygen atoms in total. The second-order valence-corrected chi connectivity index (χ2v) is 8.78. The minimum Gasteiger partial charge on any atom is -0.368 e. The van der Waals surface area contributed by atoms with E-state index < -0.39 is 12.1 Å². The van der Waals surface area contributed by atoms with Crippen LogP contribution in [0.5, 0.6) is 0 Å². The summed E-state index contributed by atoms with van der Waals surface area (Å²) >= 11 is 12.0. The molecule has 10 heteroatoms. The summed E-state index contributed by atoms with van der Waals surface area (Å²) in [7, 11) is 0. The number of para-hydroxylation sites is 1. The lowest BCUT2D eigenvalue weighted by molar-refractivity contribution is -0.137. The Labute approximate surface area is 202 Å². The first-order chi connectivity index (χ1) is 15.9. The molecule has 2 aromatic carbocycles. The zero-order valence-electron chi connectivity index (χ0n) is 18.0. The van der Waals surface area contributed by atoms with E-state index in [9.17, 15) is 14.4 Å². The Balaban J connectivity index is 1.37. The molecule has 2 heterocycles. The monoisotopic (exact) mass is 489 g/mol. The van der Waals surface area contributed by atoms with Crippen molar-refractivity contribution in [3.8, 4) is 0 Å². The summed E-state index contributed by atoms with van der Waals surface area (Å²) in [5.74, 6) is -0.473. The van der Waals surface area contributed by atoms with Crippen LogP contribution in [0.1, 0.15) is 6.42 Å². The third kappa shape index (κ3) is 5.51. The summed E-state index contributed by atoms with van der Waals surface area (Å²) < 4.78 is 0. The molecule has 33 heavy (non-hydrogen) atoms. The Bertz CT molecular complexity index is 1030. The maximum atomic E-state index is 13.0. The number of amides is 4. The van der Waals surface area contributed by atoms with Crippen molar-refractivity contribution >= 4 is 52.4 Å². The summed E-state index contributed by atoms with van der Waals surface area (Å²) in [5.41, 5.74) is 1.59. The number of nitrogens with one attached hydrogen (secondary N) is 2. The van der Waals surface area contributed by atoms with Crippen molar-refractivity contribution in [3.63, 3.8) is 0 Å². The molecular weight excluding hydrogens is 465 g/mol. The van der Waals surface area contributed by atoms with E-state index in [0.717, 1.165) is 5.69 Å². The van der Waals surface area contributed by atoms with Gasteiger partial charge in [-0.2, -0.15) is 0 Å². The van der Waals surface area contributed by atoms with E-state index in [-0.39, 0.29) is 18.2 Å². The molecule has 0 bridgehead atoms. The zero-order chi connectivity index (χ0) is 23.4. The van der Waals surface area contributed by atoms with E-state index in [1.54, 1.807) is 17.0 Å². The molecule has 1 atom stereocenters. The highest BCUT2D eigenvalue weighted by molar-refractivity contribution is 6.42. The van der Waals surface area contributed by atoms with Crippen LogP contribution in [-0.2, 0) is 9.59 Å². The normalized spacial score (nSPS) is 18.7. The van der Waals surface area contributed by atoms with Gasteiger partial charge in [0.15, 0.2) is 0 Å². The van der Waals surface area contributed by atoms with Crippen LogP contribution in [0.15, 0.2) is 48.5 Å². The summed E-state index contributed by atoms with van der Waals surface area (Å²) in [5, 5.41) is 6.19. The summed E-state index contributed by atoms with van der Waals surface area (Å²) in [4.78, 5) is 43.9. The number of nitrogens with zero attached hydrogens (tertiary/aromatic N) is 3. The molecule has 4 rings (SSSR count). The van der Waals surface area contributed by atoms with Gasteiger partial charge in [0.25, 0.3) is 0 Å². The summed E-state index contributed by atoms with van der Waals surface area (Å²) in [6, 6.07) is 13.5. The standard InChI is InChI=1S/C23H25Cl2N5O3/c24-18-7-6-16(14-19(18)25)27-23(33)30-9-8-26-22(32)20(30)15-21(31)29-12-10-28(11-13-29)17-4-2-1-3-5-17/h1-7,14,20H,8-13,15H2,(H,26,32)(H,27,33)/t20-/m0/s1. The number of halogens is 2. The van der Waals surface area contributed by atoms with E-state index in [4.69, 9.17) is 23.2 Å². The minimum absolute atomic E-state index is 0.0635. The first kappa shape index (κ1) is 23.2. The average molecular weight is 490 g/mol. The Kier molecular flexibility index (Phi) is 7.25. The van der Waals surface area contributed by atoms with Gasteiger partial charge in [0.1, 0.15) is 6.04 Å². The fourth-order valence-electron chi connectivity index (χ4n) is 4.08. The van der Waals surface area contributed by atoms with Crippen LogP contribution in [-0.4, -0.2) is 73.0 Å². The van der Waals surface area contributed by atoms with Crippen LogP contribution in [0, 0.1) is 0 Å². The number of anilines is 2. The average Bonchev–Trinajstić information content (AvgIpc) is 2.83. The Hall–Kier alpha value is -2.97. The number of urea groups is 1. The van der Waals surface area contributed by atoms with Gasteiger partial charge in [-0.3, -0.25) is 9.59 Å². The van der Waals surface area contributed by atoms with E-state index in [1.165, 1.54) is 11.0 Å². The first-order valence-corrected chi connectivity index (χ1v) is 11.6. The van der Waals surface area contributed by atoms with Crippen LogP contribution < -0.4 is 15.5 Å². The van der Waals surface area contributed by atoms with E-state index in [2.05, 4.69) is 15.5 Å². The smallest absolute Gasteiger partial charge is 0.322 e. The Morgan fingerprint density at radius 3 is 2.39 bits per heavy atom. The van der Waals surface area contributed by atoms with E-state index >= 15 is 0 Å². The summed E-state index contributed by atoms with van der Waals surface area (Å²) in [6.07, 6.45) is -0.0635. The van der Waals surface area contributed by atoms with Crippen LogP contribution in [0.25, 0.3) is 0 Å². The SMILES string of the molecule is O=C1NCCN(C(=O)Nc2ccc(Cl)c(Cl)c2)[C@H]1CC(=O)N1CCN(c2ccccc2)CC1. The van der Waals surface area contributed by atoms with Gasteiger partial charge in [0.2, 0.25) is 11.8 Å². The number of carbonyl (C=O) groups is 3. The third-order valence-electron chi connectivity index (χ3n) is 5.88. The minimum atomic E-state index is -0.874. The number of benzene rings is 2. The molecule has 2 aliphatic heterocycles. The number of hydrogen-bond acceptors (Lipinski definition) is 4. The van der Waals surface area contributed by atoms with Crippen molar-refractivity contribution in [1.29, 1.82) is 0 Å². The van der Waals surface area contributed by atoms with Crippen molar-refractivity contribution in [2.24, 2.45) is 0 Å². The highest BCUT2D eigenvalue weighted by Gasteiger charge is 2.36. The largest absolute Gasteiger partial charge is 0.368 e. The van der Waals surface area contributed by atoms with Crippen molar-refractivity contribution in [2.75, 3.05) is 49.5 Å². The van der Waals surface area contributed by atoms with E-state index in [1.807, 2.05) is 30.3 Å².